The zero-order chi connectivity index (χ0) is 26.0. The summed E-state index contributed by atoms with van der Waals surface area (Å²) in [7, 11) is 0. The van der Waals surface area contributed by atoms with Crippen molar-refractivity contribution in [3.8, 4) is 0 Å². The molecule has 5 atom stereocenters. The van der Waals surface area contributed by atoms with Crippen LogP contribution in [0.3, 0.4) is 0 Å². The van der Waals surface area contributed by atoms with E-state index >= 15 is 0 Å². The van der Waals surface area contributed by atoms with E-state index in [-0.39, 0.29) is 11.6 Å². The maximum atomic E-state index is 12.7. The predicted molar refractivity (Wildman–Crippen MR) is 126 cm³/mol. The number of rotatable bonds is 8. The molecule has 2 aromatic heterocycles. The molecule has 1 aliphatic rings. The largest absolute Gasteiger partial charge is 0.456 e. The zero-order valence-corrected chi connectivity index (χ0v) is 20.6. The number of hydrogen-bond donors (Lipinski definition) is 1. The van der Waals surface area contributed by atoms with Crippen LogP contribution in [-0.2, 0) is 23.8 Å². The molecule has 1 fully saturated rings. The summed E-state index contributed by atoms with van der Waals surface area (Å²) in [6, 6.07) is 7.58. The first-order valence-electron chi connectivity index (χ1n) is 11.3. The second-order valence-electron chi connectivity index (χ2n) is 8.62. The summed E-state index contributed by atoms with van der Waals surface area (Å²) in [4.78, 5) is 49.2. The Morgan fingerprint density at radius 1 is 1.11 bits per heavy atom. The summed E-state index contributed by atoms with van der Waals surface area (Å²) in [6.45, 7) is 4.07. The van der Waals surface area contributed by atoms with E-state index < -0.39 is 47.9 Å². The van der Waals surface area contributed by atoms with Gasteiger partial charge < -0.3 is 23.9 Å². The summed E-state index contributed by atoms with van der Waals surface area (Å²) in [5, 5.41) is 11.8. The van der Waals surface area contributed by atoms with E-state index in [0.29, 0.717) is 23.1 Å². The molecule has 2 heterocycles. The van der Waals surface area contributed by atoms with Gasteiger partial charge in [0.25, 0.3) is 0 Å². The SMILES string of the molecule is CC(=O)OC(C(C)n1cnc2c(Cl)ncnc21)C(OC(C)=O)[C@]1(O)CC[C@@H]1OC(=O)c1ccccc1. The van der Waals surface area contributed by atoms with Gasteiger partial charge in [-0.05, 0) is 31.9 Å². The summed E-state index contributed by atoms with van der Waals surface area (Å²) in [5.74, 6) is -2.01. The fraction of sp³-hybridized carbons (Fsp3) is 0.417. The van der Waals surface area contributed by atoms with Gasteiger partial charge in [-0.25, -0.2) is 19.7 Å². The van der Waals surface area contributed by atoms with Crippen LogP contribution in [0, 0.1) is 0 Å². The van der Waals surface area contributed by atoms with Crippen LogP contribution in [0.2, 0.25) is 5.15 Å². The van der Waals surface area contributed by atoms with Crippen molar-refractivity contribution >= 4 is 40.7 Å². The molecule has 0 bridgehead atoms. The second-order valence-corrected chi connectivity index (χ2v) is 8.98. The first kappa shape index (κ1) is 25.5. The fourth-order valence-corrected chi connectivity index (χ4v) is 4.51. The van der Waals surface area contributed by atoms with E-state index in [1.54, 1.807) is 41.8 Å². The summed E-state index contributed by atoms with van der Waals surface area (Å²) >= 11 is 6.12. The average molecular weight is 517 g/mol. The van der Waals surface area contributed by atoms with Crippen molar-refractivity contribution in [3.05, 3.63) is 53.7 Å². The van der Waals surface area contributed by atoms with Crippen LogP contribution in [0.4, 0.5) is 0 Å². The Balaban J connectivity index is 1.68. The molecule has 190 valence electrons. The van der Waals surface area contributed by atoms with Gasteiger partial charge in [-0.15, -0.1) is 0 Å². The Hall–Kier alpha value is -3.57. The highest BCUT2D eigenvalue weighted by Gasteiger charge is 2.59. The molecule has 4 rings (SSSR count). The van der Waals surface area contributed by atoms with Crippen LogP contribution >= 0.6 is 11.6 Å². The number of nitrogens with zero attached hydrogens (tertiary/aromatic N) is 4. The van der Waals surface area contributed by atoms with Crippen molar-refractivity contribution in [2.24, 2.45) is 0 Å². The molecule has 1 N–H and O–H groups in total. The Morgan fingerprint density at radius 3 is 2.42 bits per heavy atom. The summed E-state index contributed by atoms with van der Waals surface area (Å²) in [5.41, 5.74) is -0.822. The lowest BCUT2D eigenvalue weighted by atomic mass is 9.70. The number of carbonyl (C=O) groups excluding carboxylic acids is 3. The number of carbonyl (C=O) groups is 3. The van der Waals surface area contributed by atoms with Crippen molar-refractivity contribution in [1.29, 1.82) is 0 Å². The first-order valence-corrected chi connectivity index (χ1v) is 11.7. The van der Waals surface area contributed by atoms with E-state index in [4.69, 9.17) is 25.8 Å². The van der Waals surface area contributed by atoms with Gasteiger partial charge in [0.05, 0.1) is 17.9 Å². The minimum Gasteiger partial charge on any atom is -0.456 e. The van der Waals surface area contributed by atoms with Crippen molar-refractivity contribution < 1.29 is 33.7 Å². The number of benzene rings is 1. The molecule has 0 amide bonds. The normalized spacial score (nSPS) is 21.6. The third-order valence-corrected chi connectivity index (χ3v) is 6.51. The predicted octanol–water partition coefficient (Wildman–Crippen LogP) is 2.65. The number of imidazole rings is 1. The molecule has 0 radical (unpaired) electrons. The quantitative estimate of drug-likeness (QED) is 0.269. The Kier molecular flexibility index (Phi) is 7.23. The number of aromatic nitrogens is 4. The Morgan fingerprint density at radius 2 is 1.81 bits per heavy atom. The van der Waals surface area contributed by atoms with Crippen LogP contribution in [0.25, 0.3) is 11.2 Å². The van der Waals surface area contributed by atoms with Gasteiger partial charge in [-0.1, -0.05) is 29.8 Å². The first-order chi connectivity index (χ1) is 17.1. The summed E-state index contributed by atoms with van der Waals surface area (Å²) in [6.07, 6.45) is -0.401. The highest BCUT2D eigenvalue weighted by Crippen LogP contribution is 2.43. The van der Waals surface area contributed by atoms with Gasteiger partial charge in [-0.2, -0.15) is 0 Å². The lowest BCUT2D eigenvalue weighted by Crippen LogP contribution is -2.66. The van der Waals surface area contributed by atoms with Gasteiger partial charge in [0.1, 0.15) is 23.5 Å². The van der Waals surface area contributed by atoms with E-state index in [0.717, 1.165) is 0 Å². The molecule has 3 aromatic rings. The average Bonchev–Trinajstić information content (AvgIpc) is 3.28. The molecule has 1 aliphatic carbocycles. The maximum absolute atomic E-state index is 12.7. The lowest BCUT2D eigenvalue weighted by molar-refractivity contribution is -0.242. The molecule has 0 saturated heterocycles. The Labute approximate surface area is 211 Å². The lowest BCUT2D eigenvalue weighted by Gasteiger charge is -2.50. The molecule has 36 heavy (non-hydrogen) atoms. The van der Waals surface area contributed by atoms with Gasteiger partial charge in [-0.3, -0.25) is 9.59 Å². The van der Waals surface area contributed by atoms with Crippen LogP contribution < -0.4 is 0 Å². The number of esters is 3. The third kappa shape index (κ3) is 4.89. The van der Waals surface area contributed by atoms with Crippen LogP contribution in [0.1, 0.15) is 50.0 Å². The molecule has 12 heteroatoms. The standard InChI is InChI=1S/C24H25ClN4O7/c1-13(29-12-28-18-21(25)26-11-27-22(18)29)19(34-14(2)30)20(35-15(3)31)24(33)10-9-17(24)36-23(32)16-7-5-4-6-8-16/h4-8,11-13,17,19-20,33H,9-10H2,1-3H3/t13?,17-,19?,20?,24-/m0/s1. The van der Waals surface area contributed by atoms with E-state index in [1.165, 1.54) is 26.5 Å². The molecular weight excluding hydrogens is 492 g/mol. The van der Waals surface area contributed by atoms with Gasteiger partial charge in [0.2, 0.25) is 0 Å². The maximum Gasteiger partial charge on any atom is 0.338 e. The van der Waals surface area contributed by atoms with Gasteiger partial charge in [0, 0.05) is 13.8 Å². The second kappa shape index (κ2) is 10.2. The molecule has 1 saturated carbocycles. The van der Waals surface area contributed by atoms with E-state index in [9.17, 15) is 19.5 Å². The van der Waals surface area contributed by atoms with Crippen LogP contribution in [0.5, 0.6) is 0 Å². The van der Waals surface area contributed by atoms with Crippen molar-refractivity contribution in [2.75, 3.05) is 0 Å². The van der Waals surface area contributed by atoms with Gasteiger partial charge in [0.15, 0.2) is 23.0 Å². The monoisotopic (exact) mass is 516 g/mol. The molecule has 0 spiro atoms. The molecular formula is C24H25ClN4O7. The van der Waals surface area contributed by atoms with E-state index in [2.05, 4.69) is 15.0 Å². The topological polar surface area (TPSA) is 143 Å². The number of ether oxygens (including phenoxy) is 3. The van der Waals surface area contributed by atoms with Crippen molar-refractivity contribution in [1.82, 2.24) is 19.5 Å². The smallest absolute Gasteiger partial charge is 0.338 e. The number of fused-ring (bicyclic) bond motifs is 1. The third-order valence-electron chi connectivity index (χ3n) is 6.24. The van der Waals surface area contributed by atoms with E-state index in [1.807, 2.05) is 0 Å². The number of halogens is 1. The molecule has 1 aromatic carbocycles. The van der Waals surface area contributed by atoms with Crippen molar-refractivity contribution in [3.63, 3.8) is 0 Å². The van der Waals surface area contributed by atoms with Crippen LogP contribution in [-0.4, -0.2) is 66.4 Å². The minimum absolute atomic E-state index is 0.136. The highest BCUT2D eigenvalue weighted by molar-refractivity contribution is 6.33. The molecule has 11 nitrogen and oxygen atoms in total. The highest BCUT2D eigenvalue weighted by atomic mass is 35.5. The fourth-order valence-electron chi connectivity index (χ4n) is 4.33. The number of hydrogen-bond acceptors (Lipinski definition) is 10. The van der Waals surface area contributed by atoms with Crippen molar-refractivity contribution in [2.45, 2.75) is 63.6 Å². The Bertz CT molecular complexity index is 1280. The summed E-state index contributed by atoms with van der Waals surface area (Å²) < 4.78 is 18.3. The van der Waals surface area contributed by atoms with Gasteiger partial charge >= 0.3 is 17.9 Å². The minimum atomic E-state index is -1.81. The van der Waals surface area contributed by atoms with Crippen LogP contribution in [0.15, 0.2) is 43.0 Å². The molecule has 3 unspecified atom stereocenters. The molecule has 0 aliphatic heterocycles. The number of aliphatic hydroxyl groups is 1. The zero-order valence-electron chi connectivity index (χ0n) is 19.8.